The highest BCUT2D eigenvalue weighted by Crippen LogP contribution is 2.20. The molecule has 1 aliphatic rings. The number of nitrogens with zero attached hydrogens (tertiary/aromatic N) is 4. The summed E-state index contributed by atoms with van der Waals surface area (Å²) in [7, 11) is 1.66. The summed E-state index contributed by atoms with van der Waals surface area (Å²) >= 11 is 0. The molecule has 1 aromatic carbocycles. The van der Waals surface area contributed by atoms with E-state index in [0.29, 0.717) is 25.7 Å². The highest BCUT2D eigenvalue weighted by Gasteiger charge is 2.22. The van der Waals surface area contributed by atoms with Crippen molar-refractivity contribution in [1.82, 2.24) is 25.4 Å². The molecule has 0 bridgehead atoms. The number of aromatic nitrogens is 3. The number of aryl methyl sites for hydroxylation is 1. The van der Waals surface area contributed by atoms with E-state index < -0.39 is 0 Å². The average molecular weight is 542 g/mol. The van der Waals surface area contributed by atoms with Gasteiger partial charge >= 0.3 is 0 Å². The second-order valence-electron chi connectivity index (χ2n) is 7.95. The van der Waals surface area contributed by atoms with Crippen LogP contribution in [-0.4, -0.2) is 47.0 Å². The van der Waals surface area contributed by atoms with Crippen LogP contribution in [0.25, 0.3) is 0 Å². The zero-order valence-electron chi connectivity index (χ0n) is 18.9. The smallest absolute Gasteiger partial charge is 0.191 e. The highest BCUT2D eigenvalue weighted by molar-refractivity contribution is 14.0. The van der Waals surface area contributed by atoms with Crippen LogP contribution in [0.3, 0.4) is 0 Å². The van der Waals surface area contributed by atoms with Crippen LogP contribution in [0.15, 0.2) is 29.3 Å². The molecule has 2 aromatic rings. The van der Waals surface area contributed by atoms with Gasteiger partial charge in [0, 0.05) is 31.7 Å². The third-order valence-corrected chi connectivity index (χ3v) is 4.81. The van der Waals surface area contributed by atoms with E-state index in [9.17, 15) is 0 Å². The molecule has 3 rings (SSSR count). The van der Waals surface area contributed by atoms with Gasteiger partial charge in [0.05, 0.1) is 19.7 Å². The van der Waals surface area contributed by atoms with Crippen molar-refractivity contribution in [2.24, 2.45) is 10.9 Å². The van der Waals surface area contributed by atoms with Gasteiger partial charge in [-0.25, -0.2) is 14.7 Å². The number of rotatable bonds is 9. The molecule has 2 heterocycles. The maximum atomic E-state index is 5.96. The summed E-state index contributed by atoms with van der Waals surface area (Å²) in [5, 5.41) is 11.5. The largest absolute Gasteiger partial charge is 0.493 e. The lowest BCUT2D eigenvalue weighted by atomic mass is 10.1. The molecule has 0 radical (unpaired) electrons. The Balaban J connectivity index is 0.00000341. The van der Waals surface area contributed by atoms with Gasteiger partial charge in [-0.2, -0.15) is 5.10 Å². The molecule has 172 valence electrons. The van der Waals surface area contributed by atoms with Gasteiger partial charge < -0.3 is 20.1 Å². The summed E-state index contributed by atoms with van der Waals surface area (Å²) < 4.78 is 13.1. The van der Waals surface area contributed by atoms with Crippen LogP contribution in [0.5, 0.6) is 5.75 Å². The minimum atomic E-state index is 0. The monoisotopic (exact) mass is 542 g/mol. The number of halogens is 1. The predicted octanol–water partition coefficient (Wildman–Crippen LogP) is 3.15. The molecular formula is C22H35IN6O2. The summed E-state index contributed by atoms with van der Waals surface area (Å²) in [5.74, 6) is 3.96. The van der Waals surface area contributed by atoms with Gasteiger partial charge in [0.25, 0.3) is 0 Å². The van der Waals surface area contributed by atoms with Crippen LogP contribution >= 0.6 is 24.0 Å². The Morgan fingerprint density at radius 1 is 1.32 bits per heavy atom. The Kier molecular flexibility index (Phi) is 10.5. The van der Waals surface area contributed by atoms with Gasteiger partial charge in [-0.3, -0.25) is 0 Å². The fourth-order valence-corrected chi connectivity index (χ4v) is 3.38. The first-order valence-corrected chi connectivity index (χ1v) is 10.8. The first-order chi connectivity index (χ1) is 14.6. The molecule has 0 amide bonds. The van der Waals surface area contributed by atoms with Gasteiger partial charge in [-0.15, -0.1) is 24.0 Å². The van der Waals surface area contributed by atoms with E-state index in [4.69, 9.17) is 14.5 Å². The Bertz CT molecular complexity index is 839. The fraction of sp³-hybridized carbons (Fsp3) is 0.591. The molecule has 1 aromatic heterocycles. The number of ether oxygens (including phenoxy) is 2. The van der Waals surface area contributed by atoms with E-state index in [1.165, 1.54) is 0 Å². The lowest BCUT2D eigenvalue weighted by Crippen LogP contribution is -2.47. The SMILES string of the molecule is CCNC(=NCc1ccccc1OCC(C)C)NC1CCc2nc(COC)nn2C1.I. The molecule has 31 heavy (non-hydrogen) atoms. The van der Waals surface area contributed by atoms with E-state index in [1.54, 1.807) is 7.11 Å². The van der Waals surface area contributed by atoms with Crippen LogP contribution in [-0.2, 0) is 30.9 Å². The van der Waals surface area contributed by atoms with Crippen molar-refractivity contribution in [2.75, 3.05) is 20.3 Å². The molecule has 0 saturated heterocycles. The van der Waals surface area contributed by atoms with E-state index in [-0.39, 0.29) is 30.0 Å². The van der Waals surface area contributed by atoms with Crippen molar-refractivity contribution in [3.63, 3.8) is 0 Å². The van der Waals surface area contributed by atoms with Crippen molar-refractivity contribution >= 4 is 29.9 Å². The van der Waals surface area contributed by atoms with Crippen molar-refractivity contribution in [3.05, 3.63) is 41.5 Å². The number of benzene rings is 1. The van der Waals surface area contributed by atoms with Gasteiger partial charge in [-0.1, -0.05) is 32.0 Å². The molecule has 0 aliphatic carbocycles. The standard InChI is InChI=1S/C22H34N6O2.HI/c1-5-23-22(24-12-17-8-6-7-9-19(17)30-14-16(2)3)25-18-10-11-21-26-20(15-29-4)27-28(21)13-18;/h6-9,16,18H,5,10-15H2,1-4H3,(H2,23,24,25);1H. The van der Waals surface area contributed by atoms with Crippen LogP contribution in [0, 0.1) is 5.92 Å². The van der Waals surface area contributed by atoms with Crippen LogP contribution in [0.2, 0.25) is 0 Å². The predicted molar refractivity (Wildman–Crippen MR) is 133 cm³/mol. The van der Waals surface area contributed by atoms with E-state index >= 15 is 0 Å². The first kappa shape index (κ1) is 25.4. The van der Waals surface area contributed by atoms with Gasteiger partial charge in [0.15, 0.2) is 11.8 Å². The third-order valence-electron chi connectivity index (χ3n) is 4.81. The van der Waals surface area contributed by atoms with Crippen molar-refractivity contribution in [3.8, 4) is 5.75 Å². The maximum Gasteiger partial charge on any atom is 0.191 e. The van der Waals surface area contributed by atoms with Crippen molar-refractivity contribution in [2.45, 2.75) is 59.4 Å². The van der Waals surface area contributed by atoms with Gasteiger partial charge in [0.1, 0.15) is 18.2 Å². The summed E-state index contributed by atoms with van der Waals surface area (Å²) in [6.07, 6.45) is 1.88. The Morgan fingerprint density at radius 3 is 2.87 bits per heavy atom. The van der Waals surface area contributed by atoms with Crippen LogP contribution < -0.4 is 15.4 Å². The summed E-state index contributed by atoms with van der Waals surface area (Å²) in [6, 6.07) is 8.36. The lowest BCUT2D eigenvalue weighted by molar-refractivity contribution is 0.177. The molecule has 0 saturated carbocycles. The fourth-order valence-electron chi connectivity index (χ4n) is 3.38. The quantitative estimate of drug-likeness (QED) is 0.288. The highest BCUT2D eigenvalue weighted by atomic mass is 127. The number of hydrogen-bond donors (Lipinski definition) is 2. The molecule has 1 aliphatic heterocycles. The molecule has 9 heteroatoms. The summed E-state index contributed by atoms with van der Waals surface area (Å²) in [5.41, 5.74) is 1.08. The Hall–Kier alpha value is -1.88. The number of hydrogen-bond acceptors (Lipinski definition) is 5. The first-order valence-electron chi connectivity index (χ1n) is 10.8. The van der Waals surface area contributed by atoms with E-state index in [2.05, 4.69) is 47.6 Å². The van der Waals surface area contributed by atoms with E-state index in [0.717, 1.165) is 54.9 Å². The number of nitrogens with one attached hydrogen (secondary N) is 2. The zero-order valence-corrected chi connectivity index (χ0v) is 21.3. The molecule has 1 unspecified atom stereocenters. The van der Waals surface area contributed by atoms with Gasteiger partial charge in [-0.05, 0) is 25.3 Å². The molecule has 8 nitrogen and oxygen atoms in total. The molecule has 0 spiro atoms. The third kappa shape index (κ3) is 7.64. The minimum Gasteiger partial charge on any atom is -0.493 e. The average Bonchev–Trinajstić information content (AvgIpc) is 3.13. The van der Waals surface area contributed by atoms with Crippen LogP contribution in [0.1, 0.15) is 44.4 Å². The number of para-hydroxylation sites is 1. The number of guanidine groups is 1. The Morgan fingerprint density at radius 2 is 2.13 bits per heavy atom. The molecule has 2 N–H and O–H groups in total. The number of fused-ring (bicyclic) bond motifs is 1. The topological polar surface area (TPSA) is 85.6 Å². The molecule has 0 fully saturated rings. The van der Waals surface area contributed by atoms with Crippen molar-refractivity contribution in [1.29, 1.82) is 0 Å². The summed E-state index contributed by atoms with van der Waals surface area (Å²) in [6.45, 7) is 9.65. The summed E-state index contributed by atoms with van der Waals surface area (Å²) in [4.78, 5) is 9.35. The second kappa shape index (κ2) is 12.8. The second-order valence-corrected chi connectivity index (χ2v) is 7.95. The normalized spacial score (nSPS) is 15.9. The molecular weight excluding hydrogens is 507 g/mol. The minimum absolute atomic E-state index is 0. The number of methoxy groups -OCH3 is 1. The molecule has 1 atom stereocenters. The maximum absolute atomic E-state index is 5.96. The van der Waals surface area contributed by atoms with E-state index in [1.807, 2.05) is 22.9 Å². The Labute approximate surface area is 202 Å². The number of aliphatic imine (C=N–C) groups is 1. The van der Waals surface area contributed by atoms with Gasteiger partial charge in [0.2, 0.25) is 0 Å². The van der Waals surface area contributed by atoms with Crippen LogP contribution in [0.4, 0.5) is 0 Å². The van der Waals surface area contributed by atoms with Crippen molar-refractivity contribution < 1.29 is 9.47 Å². The zero-order chi connectivity index (χ0) is 21.3. The lowest BCUT2D eigenvalue weighted by Gasteiger charge is -2.25.